The van der Waals surface area contributed by atoms with Crippen molar-refractivity contribution in [3.63, 3.8) is 0 Å². The van der Waals surface area contributed by atoms with Crippen LogP contribution in [0.3, 0.4) is 0 Å². The molecule has 0 spiro atoms. The minimum absolute atomic E-state index is 0. The number of halogens is 3. The van der Waals surface area contributed by atoms with Crippen LogP contribution in [0.15, 0.2) is 18.2 Å². The van der Waals surface area contributed by atoms with E-state index in [9.17, 15) is 26.5 Å². The number of anilines is 1. The summed E-state index contributed by atoms with van der Waals surface area (Å²) in [7, 11) is -5.63. The third-order valence-corrected chi connectivity index (χ3v) is 4.68. The topological polar surface area (TPSA) is 95.7 Å². The van der Waals surface area contributed by atoms with Gasteiger partial charge in [-0.25, -0.2) is 5.21 Å². The van der Waals surface area contributed by atoms with Gasteiger partial charge in [-0.2, -0.15) is 21.6 Å². The molecule has 25 heavy (non-hydrogen) atoms. The number of nitrogens with zero attached hydrogens (tertiary/aromatic N) is 1. The Hall–Kier alpha value is -1.04. The fourth-order valence-corrected chi connectivity index (χ4v) is 2.95. The van der Waals surface area contributed by atoms with Gasteiger partial charge in [-0.15, -0.1) is 0 Å². The Balaban J connectivity index is 0.00000312. The van der Waals surface area contributed by atoms with Gasteiger partial charge < -0.3 is 4.74 Å². The predicted octanol–water partition coefficient (Wildman–Crippen LogP) is 2.81. The summed E-state index contributed by atoms with van der Waals surface area (Å²) in [6.45, 7) is 0. The second-order valence-electron chi connectivity index (χ2n) is 5.38. The van der Waals surface area contributed by atoms with Crippen LogP contribution in [0, 0.1) is 4.91 Å². The number of rotatable bonds is 5. The summed E-state index contributed by atoms with van der Waals surface area (Å²) < 4.78 is 67.1. The number of sulfonamides is 1. The first-order valence-corrected chi connectivity index (χ1v) is 8.64. The number of benzene rings is 1. The molecule has 12 heteroatoms. The molecule has 1 aliphatic carbocycles. The van der Waals surface area contributed by atoms with Crippen LogP contribution in [-0.2, 0) is 10.0 Å². The first-order valence-electron chi connectivity index (χ1n) is 7.16. The zero-order valence-corrected chi connectivity index (χ0v) is 13.2. The Kier molecular flexibility index (Phi) is 7.54. The first-order chi connectivity index (χ1) is 11.1. The molecule has 1 aromatic rings. The molecule has 0 bridgehead atoms. The Morgan fingerprint density at radius 3 is 2.32 bits per heavy atom. The number of ether oxygens (including phenoxy) is 1. The number of alkyl halides is 3. The molecular formula is C13H17F3N2NaO5S+. The second kappa shape index (κ2) is 8.56. The third kappa shape index (κ3) is 5.73. The van der Waals surface area contributed by atoms with Gasteiger partial charge in [-0.05, 0) is 31.7 Å². The average Bonchev–Trinajstić information content (AvgIpc) is 2.48. The normalized spacial score (nSPS) is 16.0. The van der Waals surface area contributed by atoms with E-state index in [1.54, 1.807) is 0 Å². The number of hydrogen-bond donors (Lipinski definition) is 2. The maximum absolute atomic E-state index is 12.5. The summed E-state index contributed by atoms with van der Waals surface area (Å²) >= 11 is 0. The van der Waals surface area contributed by atoms with Gasteiger partial charge in [0.15, 0.2) is 5.75 Å². The van der Waals surface area contributed by atoms with Crippen molar-refractivity contribution < 1.29 is 36.5 Å². The number of nitrogens with one attached hydrogen (secondary N) is 1. The van der Waals surface area contributed by atoms with E-state index in [1.165, 1.54) is 4.72 Å². The van der Waals surface area contributed by atoms with E-state index in [0.29, 0.717) is 12.8 Å². The first kappa shape index (κ1) is 22.0. The molecule has 1 aliphatic rings. The van der Waals surface area contributed by atoms with Crippen molar-refractivity contribution >= 4 is 51.0 Å². The monoisotopic (exact) mass is 393 g/mol. The van der Waals surface area contributed by atoms with Gasteiger partial charge in [-0.3, -0.25) is 4.72 Å². The summed E-state index contributed by atoms with van der Waals surface area (Å²) in [5, 5.41) is 8.91. The fourth-order valence-electron chi connectivity index (χ4n) is 2.38. The quantitative estimate of drug-likeness (QED) is 0.593. The maximum atomic E-state index is 12.5. The van der Waals surface area contributed by atoms with Crippen LogP contribution in [0.25, 0.3) is 0 Å². The molecule has 0 amide bonds. The van der Waals surface area contributed by atoms with Gasteiger partial charge >= 0.3 is 50.8 Å². The van der Waals surface area contributed by atoms with Crippen LogP contribution < -0.4 is 9.46 Å². The Bertz CT molecular complexity index is 721. The van der Waals surface area contributed by atoms with E-state index >= 15 is 0 Å². The summed E-state index contributed by atoms with van der Waals surface area (Å²) in [4.78, 5) is 10.5. The molecule has 1 fully saturated rings. The molecule has 2 N–H and O–H groups in total. The van der Waals surface area contributed by atoms with E-state index in [4.69, 9.17) is 9.94 Å². The molecule has 7 nitrogen and oxygen atoms in total. The SMILES string of the molecule is O=[N+](O)c1ccc(NS(=O)(=O)C(F)(F)F)c(OC2CCCCC2)c1.[NaH]. The summed E-state index contributed by atoms with van der Waals surface area (Å²) in [6.07, 6.45) is 3.79. The molecule has 1 saturated carbocycles. The predicted molar refractivity (Wildman–Crippen MR) is 84.8 cm³/mol. The summed E-state index contributed by atoms with van der Waals surface area (Å²) in [5.74, 6) is -0.248. The molecule has 0 atom stereocenters. The molecule has 0 aromatic heterocycles. The van der Waals surface area contributed by atoms with Gasteiger partial charge in [0.25, 0.3) is 4.92 Å². The van der Waals surface area contributed by atoms with Gasteiger partial charge in [0.2, 0.25) is 0 Å². The van der Waals surface area contributed by atoms with E-state index in [-0.39, 0.29) is 47.1 Å². The van der Waals surface area contributed by atoms with Crippen molar-refractivity contribution in [2.24, 2.45) is 0 Å². The van der Waals surface area contributed by atoms with Crippen molar-refractivity contribution in [3.05, 3.63) is 23.1 Å². The van der Waals surface area contributed by atoms with Crippen LogP contribution in [0.5, 0.6) is 5.75 Å². The van der Waals surface area contributed by atoms with Crippen molar-refractivity contribution in [2.75, 3.05) is 4.72 Å². The van der Waals surface area contributed by atoms with E-state index < -0.39 is 26.1 Å². The fraction of sp³-hybridized carbons (Fsp3) is 0.538. The van der Waals surface area contributed by atoms with Crippen molar-refractivity contribution in [2.45, 2.75) is 43.7 Å². The van der Waals surface area contributed by atoms with Gasteiger partial charge in [0, 0.05) is 6.07 Å². The molecular weight excluding hydrogens is 376 g/mol. The van der Waals surface area contributed by atoms with E-state index in [1.807, 2.05) is 0 Å². The average molecular weight is 393 g/mol. The van der Waals surface area contributed by atoms with E-state index in [0.717, 1.165) is 37.5 Å². The molecule has 136 valence electrons. The standard InChI is InChI=1S/C13H16F3N2O5S.Na.H/c14-13(15,16)24(21,22)17-11-7-6-9(18(19)20)8-12(11)23-10-4-2-1-3-5-10;;/h6-8,10,17H,1-5H2,(H,19,20);;/q+1;;. The van der Waals surface area contributed by atoms with Crippen molar-refractivity contribution in [1.82, 2.24) is 0 Å². The van der Waals surface area contributed by atoms with E-state index in [2.05, 4.69) is 0 Å². The van der Waals surface area contributed by atoms with Gasteiger partial charge in [-0.1, -0.05) is 6.42 Å². The van der Waals surface area contributed by atoms with Crippen LogP contribution in [-0.4, -0.2) is 59.7 Å². The van der Waals surface area contributed by atoms with Crippen molar-refractivity contribution in [3.8, 4) is 5.75 Å². The van der Waals surface area contributed by atoms with Crippen LogP contribution in [0.4, 0.5) is 24.5 Å². The number of hydrogen-bond acceptors (Lipinski definition) is 4. The molecule has 0 aliphatic heterocycles. The van der Waals surface area contributed by atoms with Crippen LogP contribution >= 0.6 is 0 Å². The van der Waals surface area contributed by atoms with Gasteiger partial charge in [0.1, 0.15) is 0 Å². The Labute approximate surface area is 164 Å². The molecule has 0 heterocycles. The van der Waals surface area contributed by atoms with Crippen LogP contribution in [0.2, 0.25) is 0 Å². The Morgan fingerprint density at radius 2 is 1.80 bits per heavy atom. The van der Waals surface area contributed by atoms with Gasteiger partial charge in [0.05, 0.1) is 22.8 Å². The summed E-state index contributed by atoms with van der Waals surface area (Å²) in [5.41, 5.74) is -6.24. The second-order valence-corrected chi connectivity index (χ2v) is 7.06. The zero-order valence-electron chi connectivity index (χ0n) is 12.4. The molecule has 0 unspecified atom stereocenters. The van der Waals surface area contributed by atoms with Crippen molar-refractivity contribution in [1.29, 1.82) is 0 Å². The molecule has 2 rings (SSSR count). The molecule has 1 aromatic carbocycles. The minimum atomic E-state index is -5.63. The summed E-state index contributed by atoms with van der Waals surface area (Å²) in [6, 6.07) is 2.88. The zero-order chi connectivity index (χ0) is 18.0. The third-order valence-electron chi connectivity index (χ3n) is 3.58. The Morgan fingerprint density at radius 1 is 1.20 bits per heavy atom. The molecule has 0 radical (unpaired) electrons. The van der Waals surface area contributed by atoms with Crippen LogP contribution in [0.1, 0.15) is 32.1 Å². The molecule has 0 saturated heterocycles.